The van der Waals surface area contributed by atoms with Crippen LogP contribution in [-0.2, 0) is 12.4 Å². The maximum Gasteiger partial charge on any atom is 0.106 e. The molecule has 0 amide bonds. The molecule has 2 aromatic rings. The van der Waals surface area contributed by atoms with Crippen LogP contribution in [0.1, 0.15) is 28.4 Å². The minimum absolute atomic E-state index is 0.0347. The molecule has 0 saturated heterocycles. The zero-order valence-electron chi connectivity index (χ0n) is 9.84. The number of fused-ring (bicyclic) bond motifs is 2. The fourth-order valence-corrected chi connectivity index (χ4v) is 3.51. The molecule has 0 bridgehead atoms. The standard InChI is InChI=1S/C15H14O2S/c16-8-10-4-3-5-11-9-18-13-7-2-1-6-12(13)15(17)14(10)11/h1-7,15-17H,8-9H2. The third-order valence-corrected chi connectivity index (χ3v) is 4.47. The van der Waals surface area contributed by atoms with Gasteiger partial charge in [-0.2, -0.15) is 0 Å². The van der Waals surface area contributed by atoms with Crippen molar-refractivity contribution in [3.05, 3.63) is 64.7 Å². The lowest BCUT2D eigenvalue weighted by Gasteiger charge is -2.17. The van der Waals surface area contributed by atoms with Gasteiger partial charge in [0, 0.05) is 10.6 Å². The maximum atomic E-state index is 10.6. The summed E-state index contributed by atoms with van der Waals surface area (Å²) in [5, 5.41) is 20.0. The Morgan fingerprint density at radius 2 is 1.94 bits per heavy atom. The van der Waals surface area contributed by atoms with Crippen molar-refractivity contribution in [2.75, 3.05) is 0 Å². The highest BCUT2D eigenvalue weighted by molar-refractivity contribution is 7.98. The van der Waals surface area contributed by atoms with Crippen molar-refractivity contribution in [3.8, 4) is 0 Å². The third-order valence-electron chi connectivity index (χ3n) is 3.33. The summed E-state index contributed by atoms with van der Waals surface area (Å²) >= 11 is 1.73. The van der Waals surface area contributed by atoms with Gasteiger partial charge in [0.25, 0.3) is 0 Å². The summed E-state index contributed by atoms with van der Waals surface area (Å²) in [5.74, 6) is 0.831. The van der Waals surface area contributed by atoms with Crippen LogP contribution in [-0.4, -0.2) is 10.2 Å². The fraction of sp³-hybridized carbons (Fsp3) is 0.200. The Hall–Kier alpha value is -1.29. The van der Waals surface area contributed by atoms with Crippen molar-refractivity contribution >= 4 is 11.8 Å². The van der Waals surface area contributed by atoms with Gasteiger partial charge in [0.2, 0.25) is 0 Å². The lowest BCUT2D eigenvalue weighted by Crippen LogP contribution is -2.06. The Balaban J connectivity index is 2.20. The predicted molar refractivity (Wildman–Crippen MR) is 72.4 cm³/mol. The van der Waals surface area contributed by atoms with Gasteiger partial charge in [-0.15, -0.1) is 11.8 Å². The minimum atomic E-state index is -0.644. The summed E-state index contributed by atoms with van der Waals surface area (Å²) in [6, 6.07) is 13.8. The van der Waals surface area contributed by atoms with Crippen LogP contribution in [0.15, 0.2) is 47.4 Å². The van der Waals surface area contributed by atoms with Crippen molar-refractivity contribution in [1.29, 1.82) is 0 Å². The molecule has 0 aromatic heterocycles. The van der Waals surface area contributed by atoms with E-state index in [1.807, 2.05) is 42.5 Å². The molecular formula is C15H14O2S. The first kappa shape index (κ1) is 11.8. The van der Waals surface area contributed by atoms with Crippen molar-refractivity contribution in [2.24, 2.45) is 0 Å². The van der Waals surface area contributed by atoms with Gasteiger partial charge in [-0.05, 0) is 28.3 Å². The van der Waals surface area contributed by atoms with Crippen LogP contribution < -0.4 is 0 Å². The fourth-order valence-electron chi connectivity index (χ4n) is 2.43. The first-order chi connectivity index (χ1) is 8.81. The maximum absolute atomic E-state index is 10.6. The molecule has 0 aliphatic carbocycles. The van der Waals surface area contributed by atoms with Crippen LogP contribution in [0.2, 0.25) is 0 Å². The van der Waals surface area contributed by atoms with Crippen LogP contribution >= 0.6 is 11.8 Å². The molecule has 1 heterocycles. The first-order valence-electron chi connectivity index (χ1n) is 5.92. The molecule has 18 heavy (non-hydrogen) atoms. The Morgan fingerprint density at radius 3 is 2.78 bits per heavy atom. The van der Waals surface area contributed by atoms with E-state index in [0.717, 1.165) is 32.9 Å². The van der Waals surface area contributed by atoms with Crippen molar-refractivity contribution < 1.29 is 10.2 Å². The molecule has 1 aliphatic rings. The zero-order chi connectivity index (χ0) is 12.5. The highest BCUT2D eigenvalue weighted by Crippen LogP contribution is 2.40. The number of hydrogen-bond donors (Lipinski definition) is 2. The van der Waals surface area contributed by atoms with Gasteiger partial charge in [0.15, 0.2) is 0 Å². The van der Waals surface area contributed by atoms with Crippen LogP contribution in [0.4, 0.5) is 0 Å². The summed E-state index contributed by atoms with van der Waals surface area (Å²) in [6.07, 6.45) is -0.644. The molecule has 1 aliphatic heterocycles. The van der Waals surface area contributed by atoms with E-state index in [-0.39, 0.29) is 6.61 Å². The number of benzene rings is 2. The Bertz CT molecular complexity index is 580. The number of rotatable bonds is 1. The second-order valence-corrected chi connectivity index (χ2v) is 5.39. The average Bonchev–Trinajstić information content (AvgIpc) is 2.57. The molecule has 0 saturated carbocycles. The molecule has 1 atom stereocenters. The molecule has 3 rings (SSSR count). The van der Waals surface area contributed by atoms with E-state index in [4.69, 9.17) is 0 Å². The van der Waals surface area contributed by atoms with Crippen LogP contribution in [0, 0.1) is 0 Å². The van der Waals surface area contributed by atoms with Crippen molar-refractivity contribution in [2.45, 2.75) is 23.4 Å². The highest BCUT2D eigenvalue weighted by atomic mass is 32.2. The third kappa shape index (κ3) is 1.85. The number of aliphatic hydroxyl groups is 2. The van der Waals surface area contributed by atoms with E-state index in [1.54, 1.807) is 11.8 Å². The Kier molecular flexibility index (Phi) is 3.12. The molecule has 0 spiro atoms. The average molecular weight is 258 g/mol. The second kappa shape index (κ2) is 4.76. The van der Waals surface area contributed by atoms with E-state index in [2.05, 4.69) is 0 Å². The summed E-state index contributed by atoms with van der Waals surface area (Å²) < 4.78 is 0. The summed E-state index contributed by atoms with van der Waals surface area (Å²) in [6.45, 7) is -0.0347. The van der Waals surface area contributed by atoms with Crippen LogP contribution in [0.25, 0.3) is 0 Å². The predicted octanol–water partition coefficient (Wildman–Crippen LogP) is 2.87. The van der Waals surface area contributed by atoms with Crippen LogP contribution in [0.5, 0.6) is 0 Å². The van der Waals surface area contributed by atoms with Gasteiger partial charge in [0.05, 0.1) is 6.61 Å². The largest absolute Gasteiger partial charge is 0.392 e. The summed E-state index contributed by atoms with van der Waals surface area (Å²) in [4.78, 5) is 1.12. The SMILES string of the molecule is OCc1cccc2c1C(O)c1ccccc1SC2. The molecule has 1 unspecified atom stereocenters. The van der Waals surface area contributed by atoms with E-state index >= 15 is 0 Å². The lowest BCUT2D eigenvalue weighted by atomic mass is 9.93. The van der Waals surface area contributed by atoms with Gasteiger partial charge in [-0.3, -0.25) is 0 Å². The van der Waals surface area contributed by atoms with Crippen molar-refractivity contribution in [1.82, 2.24) is 0 Å². The topological polar surface area (TPSA) is 40.5 Å². The van der Waals surface area contributed by atoms with Crippen LogP contribution in [0.3, 0.4) is 0 Å². The Morgan fingerprint density at radius 1 is 1.11 bits per heavy atom. The molecule has 2 aromatic carbocycles. The Labute approximate surface area is 110 Å². The normalized spacial score (nSPS) is 17.8. The molecule has 0 radical (unpaired) electrons. The lowest BCUT2D eigenvalue weighted by molar-refractivity contribution is 0.210. The van der Waals surface area contributed by atoms with Gasteiger partial charge in [-0.25, -0.2) is 0 Å². The summed E-state index contributed by atoms with van der Waals surface area (Å²) in [5.41, 5.74) is 3.73. The van der Waals surface area contributed by atoms with E-state index in [0.29, 0.717) is 0 Å². The van der Waals surface area contributed by atoms with Crippen molar-refractivity contribution in [3.63, 3.8) is 0 Å². The molecule has 3 heteroatoms. The molecular weight excluding hydrogens is 244 g/mol. The number of thioether (sulfide) groups is 1. The van der Waals surface area contributed by atoms with Gasteiger partial charge < -0.3 is 10.2 Å². The number of aliphatic hydroxyl groups excluding tert-OH is 2. The quantitative estimate of drug-likeness (QED) is 0.826. The van der Waals surface area contributed by atoms with E-state index < -0.39 is 6.10 Å². The van der Waals surface area contributed by atoms with E-state index in [1.165, 1.54) is 0 Å². The van der Waals surface area contributed by atoms with Gasteiger partial charge in [-0.1, -0.05) is 36.4 Å². The zero-order valence-corrected chi connectivity index (χ0v) is 10.7. The smallest absolute Gasteiger partial charge is 0.106 e. The second-order valence-electron chi connectivity index (χ2n) is 4.38. The highest BCUT2D eigenvalue weighted by Gasteiger charge is 2.23. The van der Waals surface area contributed by atoms with Gasteiger partial charge >= 0.3 is 0 Å². The minimum Gasteiger partial charge on any atom is -0.392 e. The number of hydrogen-bond acceptors (Lipinski definition) is 3. The monoisotopic (exact) mass is 258 g/mol. The first-order valence-corrected chi connectivity index (χ1v) is 6.91. The van der Waals surface area contributed by atoms with E-state index in [9.17, 15) is 10.2 Å². The molecule has 2 N–H and O–H groups in total. The summed E-state index contributed by atoms with van der Waals surface area (Å²) in [7, 11) is 0. The van der Waals surface area contributed by atoms with Gasteiger partial charge in [0.1, 0.15) is 6.10 Å². The molecule has 2 nitrogen and oxygen atoms in total. The molecule has 0 fully saturated rings. The molecule has 92 valence electrons.